The number of halogens is 2. The third kappa shape index (κ3) is 11.7. The van der Waals surface area contributed by atoms with E-state index in [2.05, 4.69) is 19.4 Å². The highest BCUT2D eigenvalue weighted by Gasteiger charge is 2.07. The van der Waals surface area contributed by atoms with E-state index in [4.69, 9.17) is 9.68 Å². The molecule has 2 aromatic heterocycles. The smallest absolute Gasteiger partial charge is 0.269 e. The van der Waals surface area contributed by atoms with Crippen LogP contribution in [-0.2, 0) is 36.0 Å². The molecule has 0 atom stereocenters. The summed E-state index contributed by atoms with van der Waals surface area (Å²) in [6.45, 7) is 2.15. The number of nitro benzene ring substituents is 2. The molecule has 12 nitrogen and oxygen atoms in total. The second-order valence-electron chi connectivity index (χ2n) is 8.96. The van der Waals surface area contributed by atoms with Crippen molar-refractivity contribution in [2.75, 3.05) is 0 Å². The molecule has 224 valence electrons. The molecule has 0 unspecified atom stereocenters. The Bertz CT molecular complexity index is 1390. The van der Waals surface area contributed by atoms with Gasteiger partial charge in [0.05, 0.1) is 28.7 Å². The van der Waals surface area contributed by atoms with Crippen molar-refractivity contribution in [2.45, 2.75) is 32.7 Å². The van der Waals surface area contributed by atoms with Crippen LogP contribution in [0.25, 0.3) is 0 Å². The molecule has 0 amide bonds. The zero-order chi connectivity index (χ0) is 28.9. The minimum Gasteiger partial charge on any atom is -1.00 e. The van der Waals surface area contributed by atoms with E-state index in [1.165, 1.54) is 24.3 Å². The number of hydrogen-bond acceptors (Lipinski definition) is 8. The first-order chi connectivity index (χ1) is 20.0. The highest BCUT2D eigenvalue weighted by atomic mass is 79.9. The maximum Gasteiger partial charge on any atom is 0.269 e. The average Bonchev–Trinajstić information content (AvgIpc) is 2.99. The van der Waals surface area contributed by atoms with Crippen LogP contribution in [0, 0.1) is 20.2 Å². The van der Waals surface area contributed by atoms with Crippen LogP contribution in [0.15, 0.2) is 108 Å². The van der Waals surface area contributed by atoms with Gasteiger partial charge in [0, 0.05) is 59.7 Å². The third-order valence-corrected chi connectivity index (χ3v) is 5.98. The van der Waals surface area contributed by atoms with Crippen LogP contribution in [0.5, 0.6) is 0 Å². The molecule has 2 aromatic carbocycles. The van der Waals surface area contributed by atoms with E-state index in [0.717, 1.165) is 41.8 Å². The molecule has 14 heteroatoms. The number of nitrogens with zero attached hydrogens (tertiary/aromatic N) is 6. The number of aryl methyl sites for hydroxylation is 2. The van der Waals surface area contributed by atoms with Gasteiger partial charge in [-0.15, -0.1) is 0 Å². The Morgan fingerprint density at radius 3 is 1.28 bits per heavy atom. The monoisotopic (exact) mass is 714 g/mol. The second kappa shape index (κ2) is 18.1. The van der Waals surface area contributed by atoms with Crippen molar-refractivity contribution in [2.24, 2.45) is 10.3 Å². The highest BCUT2D eigenvalue weighted by molar-refractivity contribution is 5.78. The predicted octanol–water partition coefficient (Wildman–Crippen LogP) is -1.72. The maximum absolute atomic E-state index is 10.7. The largest absolute Gasteiger partial charge is 1.00 e. The SMILES string of the molecule is O=[N+]([O-])c1ccc(CO/N=C/c2cc[n+](CCC[n+]3ccc(/C=N/OCc4ccc([N+](=O)[O-])cc4)cc3)cc2)cc1.[Br-].[Br-]. The molecule has 0 N–H and O–H groups in total. The first-order valence-corrected chi connectivity index (χ1v) is 12.7. The number of nitro groups is 2. The van der Waals surface area contributed by atoms with Gasteiger partial charge in [0.2, 0.25) is 0 Å². The lowest BCUT2D eigenvalue weighted by Crippen LogP contribution is -3.00. The summed E-state index contributed by atoms with van der Waals surface area (Å²) in [5, 5.41) is 29.3. The van der Waals surface area contributed by atoms with E-state index in [9.17, 15) is 20.2 Å². The topological polar surface area (TPSA) is 137 Å². The lowest BCUT2D eigenvalue weighted by molar-refractivity contribution is -0.726. The Kier molecular flexibility index (Phi) is 14.6. The first-order valence-electron chi connectivity index (χ1n) is 12.7. The quantitative estimate of drug-likeness (QED) is 0.0660. The van der Waals surface area contributed by atoms with Gasteiger partial charge in [0.25, 0.3) is 11.4 Å². The number of pyridine rings is 2. The summed E-state index contributed by atoms with van der Waals surface area (Å²) in [6, 6.07) is 20.1. The minimum atomic E-state index is -0.439. The summed E-state index contributed by atoms with van der Waals surface area (Å²) >= 11 is 0. The summed E-state index contributed by atoms with van der Waals surface area (Å²) in [7, 11) is 0. The van der Waals surface area contributed by atoms with Gasteiger partial charge >= 0.3 is 0 Å². The van der Waals surface area contributed by atoms with Gasteiger partial charge in [-0.25, -0.2) is 9.13 Å². The van der Waals surface area contributed by atoms with Crippen molar-refractivity contribution >= 4 is 23.8 Å². The van der Waals surface area contributed by atoms with Crippen molar-refractivity contribution in [1.29, 1.82) is 0 Å². The van der Waals surface area contributed by atoms with E-state index in [0.29, 0.717) is 0 Å². The van der Waals surface area contributed by atoms with Crippen molar-refractivity contribution in [3.8, 4) is 0 Å². The van der Waals surface area contributed by atoms with E-state index >= 15 is 0 Å². The molecule has 0 aliphatic rings. The zero-order valence-electron chi connectivity index (χ0n) is 22.8. The Balaban J connectivity index is 0.00000323. The normalized spacial score (nSPS) is 10.6. The summed E-state index contributed by atoms with van der Waals surface area (Å²) < 4.78 is 4.19. The highest BCUT2D eigenvalue weighted by Crippen LogP contribution is 2.13. The maximum atomic E-state index is 10.7. The van der Waals surface area contributed by atoms with Gasteiger partial charge in [-0.3, -0.25) is 20.2 Å². The van der Waals surface area contributed by atoms with Crippen molar-refractivity contribution in [3.63, 3.8) is 0 Å². The standard InChI is InChI=1S/C29H28N6O6.2BrH/c36-34(37)28-6-2-26(3-7-28)22-40-30-20-24-10-16-32(17-11-24)14-1-15-33-18-12-25(13-19-33)21-31-41-23-27-4-8-29(9-5-27)35(38)39;;/h2-13,16-21H,1,14-15,22-23H2;2*1H/q+2;;/p-2/b30-20+,31-21+;;. The molecule has 0 aliphatic heterocycles. The van der Waals surface area contributed by atoms with Gasteiger partial charge < -0.3 is 43.6 Å². The van der Waals surface area contributed by atoms with E-state index < -0.39 is 9.85 Å². The fraction of sp³-hybridized carbons (Fsp3) is 0.172. The van der Waals surface area contributed by atoms with Crippen molar-refractivity contribution in [3.05, 3.63) is 140 Å². The second-order valence-corrected chi connectivity index (χ2v) is 8.96. The Morgan fingerprint density at radius 2 is 0.953 bits per heavy atom. The molecular formula is C29H28Br2N6O6. The summed E-state index contributed by atoms with van der Waals surface area (Å²) in [4.78, 5) is 31.1. The van der Waals surface area contributed by atoms with Crippen LogP contribution < -0.4 is 43.1 Å². The molecular weight excluding hydrogens is 688 g/mol. The van der Waals surface area contributed by atoms with Crippen LogP contribution in [-0.4, -0.2) is 22.3 Å². The van der Waals surface area contributed by atoms with Crippen LogP contribution in [0.3, 0.4) is 0 Å². The molecule has 0 fully saturated rings. The Hall–Kier alpha value is -4.56. The first kappa shape index (κ1) is 34.6. The van der Waals surface area contributed by atoms with Gasteiger partial charge in [-0.05, 0) is 35.4 Å². The summed E-state index contributed by atoms with van der Waals surface area (Å²) in [5.74, 6) is 0. The molecule has 0 saturated heterocycles. The summed E-state index contributed by atoms with van der Waals surface area (Å²) in [6.07, 6.45) is 12.1. The van der Waals surface area contributed by atoms with Gasteiger partial charge in [0.1, 0.15) is 13.2 Å². The number of rotatable bonds is 14. The van der Waals surface area contributed by atoms with E-state index in [-0.39, 0.29) is 58.6 Å². The molecule has 0 bridgehead atoms. The minimum absolute atomic E-state index is 0. The average molecular weight is 716 g/mol. The number of oxime groups is 2. The molecule has 0 saturated carbocycles. The number of non-ortho nitro benzene ring substituents is 2. The Labute approximate surface area is 268 Å². The summed E-state index contributed by atoms with van der Waals surface area (Å²) in [5.41, 5.74) is 3.47. The fourth-order valence-corrected chi connectivity index (χ4v) is 3.69. The molecule has 0 spiro atoms. The van der Waals surface area contributed by atoms with Gasteiger partial charge in [-0.1, -0.05) is 10.3 Å². The number of hydrogen-bond donors (Lipinski definition) is 0. The van der Waals surface area contributed by atoms with Crippen LogP contribution >= 0.6 is 0 Å². The predicted molar refractivity (Wildman–Crippen MR) is 149 cm³/mol. The van der Waals surface area contributed by atoms with Crippen molar-refractivity contribution in [1.82, 2.24) is 0 Å². The number of aromatic nitrogens is 2. The lowest BCUT2D eigenvalue weighted by atomic mass is 10.2. The Morgan fingerprint density at radius 1 is 0.605 bits per heavy atom. The van der Waals surface area contributed by atoms with Crippen LogP contribution in [0.4, 0.5) is 11.4 Å². The molecule has 4 aromatic rings. The molecule has 4 rings (SSSR count). The fourth-order valence-electron chi connectivity index (χ4n) is 3.69. The van der Waals surface area contributed by atoms with Gasteiger partial charge in [0.15, 0.2) is 37.9 Å². The van der Waals surface area contributed by atoms with Crippen LogP contribution in [0.1, 0.15) is 28.7 Å². The third-order valence-electron chi connectivity index (χ3n) is 5.98. The molecule has 0 aliphatic carbocycles. The molecule has 2 heterocycles. The molecule has 43 heavy (non-hydrogen) atoms. The van der Waals surface area contributed by atoms with E-state index in [1.807, 2.05) is 49.1 Å². The number of benzene rings is 2. The zero-order valence-corrected chi connectivity index (χ0v) is 26.0. The van der Waals surface area contributed by atoms with Gasteiger partial charge in [-0.2, -0.15) is 0 Å². The lowest BCUT2D eigenvalue weighted by Gasteiger charge is -2.00. The van der Waals surface area contributed by atoms with E-state index in [1.54, 1.807) is 36.7 Å². The van der Waals surface area contributed by atoms with Crippen molar-refractivity contribution < 1.29 is 62.6 Å². The molecule has 0 radical (unpaired) electrons. The van der Waals surface area contributed by atoms with Crippen LogP contribution in [0.2, 0.25) is 0 Å².